The number of rotatable bonds is 6. The number of aryl methyl sites for hydroxylation is 2. The summed E-state index contributed by atoms with van der Waals surface area (Å²) in [6, 6.07) is 11.8. The lowest BCUT2D eigenvalue weighted by Gasteiger charge is -2.09. The van der Waals surface area contributed by atoms with E-state index in [-0.39, 0.29) is 12.4 Å². The molecule has 27 heavy (non-hydrogen) atoms. The maximum absolute atomic E-state index is 12.0. The first kappa shape index (κ1) is 19.0. The highest BCUT2D eigenvalue weighted by atomic mass is 35.5. The first-order valence-corrected chi connectivity index (χ1v) is 8.94. The van der Waals surface area contributed by atoms with Gasteiger partial charge in [-0.1, -0.05) is 11.6 Å². The quantitative estimate of drug-likeness (QED) is 0.263. The molecule has 0 radical (unpaired) electrons. The van der Waals surface area contributed by atoms with E-state index in [2.05, 4.69) is 0 Å². The van der Waals surface area contributed by atoms with Gasteiger partial charge in [0.05, 0.1) is 6.61 Å². The molecule has 0 unspecified atom stereocenters. The number of fused-ring (bicyclic) bond motifs is 1. The molecule has 0 spiro atoms. The second kappa shape index (κ2) is 8.27. The maximum atomic E-state index is 12.0. The van der Waals surface area contributed by atoms with Gasteiger partial charge in [0.25, 0.3) is 0 Å². The van der Waals surface area contributed by atoms with Crippen LogP contribution < -0.4 is 15.1 Å². The van der Waals surface area contributed by atoms with Crippen LogP contribution in [-0.4, -0.2) is 12.6 Å². The lowest BCUT2D eigenvalue weighted by atomic mass is 10.1. The van der Waals surface area contributed by atoms with E-state index in [0.29, 0.717) is 29.4 Å². The van der Waals surface area contributed by atoms with Gasteiger partial charge in [0.1, 0.15) is 17.1 Å². The minimum absolute atomic E-state index is 0.211. The van der Waals surface area contributed by atoms with E-state index < -0.39 is 5.63 Å². The summed E-state index contributed by atoms with van der Waals surface area (Å²) >= 11 is 5.91. The molecular formula is C21H19ClO5. The van der Waals surface area contributed by atoms with Crippen molar-refractivity contribution in [3.05, 3.63) is 69.0 Å². The van der Waals surface area contributed by atoms with E-state index in [1.165, 1.54) is 6.07 Å². The largest absolute Gasteiger partial charge is 0.493 e. The molecule has 5 nitrogen and oxygen atoms in total. The summed E-state index contributed by atoms with van der Waals surface area (Å²) in [7, 11) is 0. The Labute approximate surface area is 161 Å². The summed E-state index contributed by atoms with van der Waals surface area (Å²) < 4.78 is 16.1. The Balaban J connectivity index is 1.53. The third kappa shape index (κ3) is 4.89. The summed E-state index contributed by atoms with van der Waals surface area (Å²) in [5.41, 5.74) is 1.72. The molecule has 0 N–H and O–H groups in total. The van der Waals surface area contributed by atoms with Crippen LogP contribution in [0.2, 0.25) is 5.02 Å². The third-order valence-corrected chi connectivity index (χ3v) is 4.31. The zero-order chi connectivity index (χ0) is 19.4. The number of carbonyl (C=O) groups excluding carboxylic acids is 1. The van der Waals surface area contributed by atoms with E-state index in [0.717, 1.165) is 22.3 Å². The van der Waals surface area contributed by atoms with Crippen molar-refractivity contribution in [2.24, 2.45) is 0 Å². The SMILES string of the molecule is Cc1cc(Cl)ccc1OCCCC(=O)Oc1ccc2c(C)cc(=O)oc2c1. The molecule has 0 fully saturated rings. The average Bonchev–Trinajstić information content (AvgIpc) is 2.59. The van der Waals surface area contributed by atoms with E-state index in [9.17, 15) is 9.59 Å². The van der Waals surface area contributed by atoms with Gasteiger partial charge in [-0.2, -0.15) is 0 Å². The number of hydrogen-bond acceptors (Lipinski definition) is 5. The van der Waals surface area contributed by atoms with Crippen molar-refractivity contribution < 1.29 is 18.7 Å². The molecule has 6 heteroatoms. The molecular weight excluding hydrogens is 368 g/mol. The van der Waals surface area contributed by atoms with Gasteiger partial charge < -0.3 is 13.9 Å². The fourth-order valence-corrected chi connectivity index (χ4v) is 2.95. The average molecular weight is 387 g/mol. The fraction of sp³-hybridized carbons (Fsp3) is 0.238. The van der Waals surface area contributed by atoms with Gasteiger partial charge in [-0.3, -0.25) is 4.79 Å². The first-order chi connectivity index (χ1) is 12.9. The number of carbonyl (C=O) groups is 1. The molecule has 140 valence electrons. The van der Waals surface area contributed by atoms with Crippen LogP contribution in [0.1, 0.15) is 24.0 Å². The van der Waals surface area contributed by atoms with Crippen LogP contribution >= 0.6 is 11.6 Å². The lowest BCUT2D eigenvalue weighted by Crippen LogP contribution is -2.10. The smallest absolute Gasteiger partial charge is 0.336 e. The van der Waals surface area contributed by atoms with Gasteiger partial charge in [0.2, 0.25) is 0 Å². The molecule has 0 aliphatic rings. The van der Waals surface area contributed by atoms with Crippen molar-refractivity contribution in [3.63, 3.8) is 0 Å². The summed E-state index contributed by atoms with van der Waals surface area (Å²) in [6.45, 7) is 4.13. The van der Waals surface area contributed by atoms with Crippen LogP contribution in [0.4, 0.5) is 0 Å². The van der Waals surface area contributed by atoms with Gasteiger partial charge in [-0.25, -0.2) is 4.79 Å². The van der Waals surface area contributed by atoms with E-state index >= 15 is 0 Å². The second-order valence-corrected chi connectivity index (χ2v) is 6.68. The standard InChI is InChI=1S/C21H19ClO5/c1-13-11-21(24)27-19-12-16(6-7-17(13)19)26-20(23)4-3-9-25-18-8-5-15(22)10-14(18)2/h5-8,10-12H,3-4,9H2,1-2H3. The Morgan fingerprint density at radius 2 is 1.89 bits per heavy atom. The molecule has 0 atom stereocenters. The molecule has 0 amide bonds. The van der Waals surface area contributed by atoms with Crippen molar-refractivity contribution in [3.8, 4) is 11.5 Å². The summed E-state index contributed by atoms with van der Waals surface area (Å²) in [6.07, 6.45) is 0.727. The Hall–Kier alpha value is -2.79. The minimum Gasteiger partial charge on any atom is -0.493 e. The predicted molar refractivity (Wildman–Crippen MR) is 104 cm³/mol. The molecule has 0 aliphatic heterocycles. The number of ether oxygens (including phenoxy) is 2. The van der Waals surface area contributed by atoms with Crippen LogP contribution in [0, 0.1) is 13.8 Å². The van der Waals surface area contributed by atoms with Crippen LogP contribution in [0.25, 0.3) is 11.0 Å². The van der Waals surface area contributed by atoms with Crippen molar-refractivity contribution in [1.82, 2.24) is 0 Å². The van der Waals surface area contributed by atoms with Crippen LogP contribution in [-0.2, 0) is 4.79 Å². The number of benzene rings is 2. The third-order valence-electron chi connectivity index (χ3n) is 4.07. The first-order valence-electron chi connectivity index (χ1n) is 8.56. The topological polar surface area (TPSA) is 65.7 Å². The van der Waals surface area contributed by atoms with Gasteiger partial charge in [0, 0.05) is 29.0 Å². The Bertz CT molecular complexity index is 1040. The van der Waals surface area contributed by atoms with Crippen molar-refractivity contribution in [2.45, 2.75) is 26.7 Å². The number of halogens is 1. The van der Waals surface area contributed by atoms with Crippen molar-refractivity contribution >= 4 is 28.5 Å². The molecule has 0 bridgehead atoms. The van der Waals surface area contributed by atoms with Crippen LogP contribution in [0.3, 0.4) is 0 Å². The normalized spacial score (nSPS) is 10.8. The molecule has 0 saturated heterocycles. The lowest BCUT2D eigenvalue weighted by molar-refractivity contribution is -0.134. The number of hydrogen-bond donors (Lipinski definition) is 0. The van der Waals surface area contributed by atoms with Gasteiger partial charge in [0.15, 0.2) is 0 Å². The Morgan fingerprint density at radius 1 is 1.07 bits per heavy atom. The molecule has 1 aromatic heterocycles. The molecule has 0 aliphatic carbocycles. The monoisotopic (exact) mass is 386 g/mol. The Morgan fingerprint density at radius 3 is 2.67 bits per heavy atom. The molecule has 0 saturated carbocycles. The van der Waals surface area contributed by atoms with Gasteiger partial charge in [-0.15, -0.1) is 0 Å². The van der Waals surface area contributed by atoms with E-state index in [1.54, 1.807) is 30.3 Å². The molecule has 3 aromatic rings. The van der Waals surface area contributed by atoms with E-state index in [1.807, 2.05) is 19.9 Å². The van der Waals surface area contributed by atoms with Crippen molar-refractivity contribution in [1.29, 1.82) is 0 Å². The summed E-state index contributed by atoms with van der Waals surface area (Å²) in [5.74, 6) is 0.712. The van der Waals surface area contributed by atoms with Crippen LogP contribution in [0.5, 0.6) is 11.5 Å². The van der Waals surface area contributed by atoms with Gasteiger partial charge >= 0.3 is 11.6 Å². The molecule has 2 aromatic carbocycles. The summed E-state index contributed by atoms with van der Waals surface area (Å²) in [4.78, 5) is 23.5. The summed E-state index contributed by atoms with van der Waals surface area (Å²) in [5, 5.41) is 1.46. The minimum atomic E-state index is -0.432. The van der Waals surface area contributed by atoms with E-state index in [4.69, 9.17) is 25.5 Å². The van der Waals surface area contributed by atoms with Crippen molar-refractivity contribution in [2.75, 3.05) is 6.61 Å². The Kier molecular flexibility index (Phi) is 5.81. The highest BCUT2D eigenvalue weighted by molar-refractivity contribution is 6.30. The second-order valence-electron chi connectivity index (χ2n) is 6.24. The van der Waals surface area contributed by atoms with Gasteiger partial charge in [-0.05, 0) is 61.7 Å². The zero-order valence-corrected chi connectivity index (χ0v) is 15.8. The highest BCUT2D eigenvalue weighted by Gasteiger charge is 2.09. The molecule has 1 heterocycles. The predicted octanol–water partition coefficient (Wildman–Crippen LogP) is 4.83. The highest BCUT2D eigenvalue weighted by Crippen LogP contribution is 2.23. The number of esters is 1. The molecule has 3 rings (SSSR count). The fourth-order valence-electron chi connectivity index (χ4n) is 2.72. The van der Waals surface area contributed by atoms with Crippen LogP contribution in [0.15, 0.2) is 51.7 Å². The maximum Gasteiger partial charge on any atom is 0.336 e. The zero-order valence-electron chi connectivity index (χ0n) is 15.1.